The SMILES string of the molecule is Cc1nnc(C2CCN(C(=O)c3c(C)noc3C(C)C)CC2)o1. The second-order valence-electron chi connectivity index (χ2n) is 6.39. The molecule has 2 aromatic heterocycles. The van der Waals surface area contributed by atoms with Crippen molar-refractivity contribution in [1.82, 2.24) is 20.3 Å². The molecular weight excluding hydrogens is 296 g/mol. The zero-order chi connectivity index (χ0) is 16.6. The quantitative estimate of drug-likeness (QED) is 0.865. The summed E-state index contributed by atoms with van der Waals surface area (Å²) in [5.41, 5.74) is 1.28. The molecule has 0 spiro atoms. The van der Waals surface area contributed by atoms with E-state index in [1.807, 2.05) is 25.7 Å². The van der Waals surface area contributed by atoms with Gasteiger partial charge in [-0.1, -0.05) is 19.0 Å². The van der Waals surface area contributed by atoms with Crippen molar-refractivity contribution >= 4 is 5.91 Å². The molecule has 1 amide bonds. The highest BCUT2D eigenvalue weighted by Crippen LogP contribution is 2.29. The van der Waals surface area contributed by atoms with E-state index >= 15 is 0 Å². The second-order valence-corrected chi connectivity index (χ2v) is 6.39. The third-order valence-electron chi connectivity index (χ3n) is 4.30. The van der Waals surface area contributed by atoms with Crippen molar-refractivity contribution < 1.29 is 13.7 Å². The molecular formula is C16H22N4O3. The standard InChI is InChI=1S/C16H22N4O3/c1-9(2)14-13(10(3)19-23-14)16(21)20-7-5-12(6-8-20)15-18-17-11(4)22-15/h9,12H,5-8H2,1-4H3. The van der Waals surface area contributed by atoms with Gasteiger partial charge in [0.25, 0.3) is 5.91 Å². The molecule has 3 heterocycles. The number of amides is 1. The van der Waals surface area contributed by atoms with Crippen molar-refractivity contribution in [3.63, 3.8) is 0 Å². The lowest BCUT2D eigenvalue weighted by Crippen LogP contribution is -2.38. The van der Waals surface area contributed by atoms with Crippen LogP contribution in [0.1, 0.15) is 72.1 Å². The van der Waals surface area contributed by atoms with Gasteiger partial charge in [-0.3, -0.25) is 4.79 Å². The van der Waals surface area contributed by atoms with E-state index in [2.05, 4.69) is 15.4 Å². The molecule has 7 heteroatoms. The van der Waals surface area contributed by atoms with Crippen LogP contribution >= 0.6 is 0 Å². The van der Waals surface area contributed by atoms with Gasteiger partial charge in [-0.2, -0.15) is 0 Å². The minimum Gasteiger partial charge on any atom is -0.425 e. The number of carbonyl (C=O) groups is 1. The first-order chi connectivity index (χ1) is 11.0. The molecule has 2 aromatic rings. The Labute approximate surface area is 135 Å². The van der Waals surface area contributed by atoms with E-state index in [1.54, 1.807) is 6.92 Å². The lowest BCUT2D eigenvalue weighted by molar-refractivity contribution is 0.0702. The Balaban J connectivity index is 1.70. The van der Waals surface area contributed by atoms with Crippen LogP contribution in [-0.4, -0.2) is 39.3 Å². The summed E-state index contributed by atoms with van der Waals surface area (Å²) in [4.78, 5) is 14.7. The largest absolute Gasteiger partial charge is 0.425 e. The molecule has 0 aromatic carbocycles. The number of carbonyl (C=O) groups excluding carboxylic acids is 1. The molecule has 3 rings (SSSR count). The smallest absolute Gasteiger partial charge is 0.259 e. The van der Waals surface area contributed by atoms with E-state index in [0.29, 0.717) is 41.9 Å². The first-order valence-electron chi connectivity index (χ1n) is 8.02. The average molecular weight is 318 g/mol. The van der Waals surface area contributed by atoms with Crippen LogP contribution in [0.25, 0.3) is 0 Å². The number of nitrogens with zero attached hydrogens (tertiary/aromatic N) is 4. The Bertz CT molecular complexity index is 696. The summed E-state index contributed by atoms with van der Waals surface area (Å²) in [5, 5.41) is 11.9. The number of aromatic nitrogens is 3. The molecule has 0 unspecified atom stereocenters. The Morgan fingerprint density at radius 1 is 1.22 bits per heavy atom. The molecule has 0 radical (unpaired) electrons. The summed E-state index contributed by atoms with van der Waals surface area (Å²) in [6, 6.07) is 0. The topological polar surface area (TPSA) is 85.3 Å². The van der Waals surface area contributed by atoms with Crippen molar-refractivity contribution in [2.24, 2.45) is 0 Å². The van der Waals surface area contributed by atoms with Gasteiger partial charge < -0.3 is 13.8 Å². The average Bonchev–Trinajstić information content (AvgIpc) is 3.13. The van der Waals surface area contributed by atoms with E-state index < -0.39 is 0 Å². The molecule has 7 nitrogen and oxygen atoms in total. The molecule has 0 saturated carbocycles. The Kier molecular flexibility index (Phi) is 4.19. The number of likely N-dealkylation sites (tertiary alicyclic amines) is 1. The van der Waals surface area contributed by atoms with Gasteiger partial charge in [-0.15, -0.1) is 10.2 Å². The minimum atomic E-state index is 0.00705. The van der Waals surface area contributed by atoms with Crippen LogP contribution in [0.15, 0.2) is 8.94 Å². The number of hydrogen-bond acceptors (Lipinski definition) is 6. The van der Waals surface area contributed by atoms with Gasteiger partial charge in [0.15, 0.2) is 5.76 Å². The number of hydrogen-bond donors (Lipinski definition) is 0. The Hall–Kier alpha value is -2.18. The first kappa shape index (κ1) is 15.7. The summed E-state index contributed by atoms with van der Waals surface area (Å²) in [6.07, 6.45) is 1.66. The second kappa shape index (κ2) is 6.14. The van der Waals surface area contributed by atoms with Gasteiger partial charge in [0.1, 0.15) is 5.56 Å². The third-order valence-corrected chi connectivity index (χ3v) is 4.30. The maximum Gasteiger partial charge on any atom is 0.259 e. The Morgan fingerprint density at radius 2 is 1.91 bits per heavy atom. The van der Waals surface area contributed by atoms with Crippen molar-refractivity contribution in [1.29, 1.82) is 0 Å². The van der Waals surface area contributed by atoms with Gasteiger partial charge >= 0.3 is 0 Å². The van der Waals surface area contributed by atoms with Gasteiger partial charge in [0.05, 0.1) is 5.69 Å². The molecule has 1 saturated heterocycles. The predicted molar refractivity (Wildman–Crippen MR) is 82.2 cm³/mol. The molecule has 0 bridgehead atoms. The fraction of sp³-hybridized carbons (Fsp3) is 0.625. The van der Waals surface area contributed by atoms with Crippen LogP contribution < -0.4 is 0 Å². The molecule has 1 aliphatic rings. The van der Waals surface area contributed by atoms with Crippen LogP contribution in [0.5, 0.6) is 0 Å². The summed E-state index contributed by atoms with van der Waals surface area (Å²) < 4.78 is 10.8. The van der Waals surface area contributed by atoms with Crippen molar-refractivity contribution in [3.05, 3.63) is 28.8 Å². The highest BCUT2D eigenvalue weighted by molar-refractivity contribution is 5.96. The van der Waals surface area contributed by atoms with E-state index in [1.165, 1.54) is 0 Å². The minimum absolute atomic E-state index is 0.00705. The van der Waals surface area contributed by atoms with Gasteiger partial charge in [0.2, 0.25) is 11.8 Å². The van der Waals surface area contributed by atoms with Gasteiger partial charge in [0, 0.05) is 31.8 Å². The first-order valence-corrected chi connectivity index (χ1v) is 8.02. The fourth-order valence-electron chi connectivity index (χ4n) is 3.01. The molecule has 0 atom stereocenters. The lowest BCUT2D eigenvalue weighted by atomic mass is 9.95. The van der Waals surface area contributed by atoms with Crippen molar-refractivity contribution in [2.45, 2.75) is 52.4 Å². The summed E-state index contributed by atoms with van der Waals surface area (Å²) in [7, 11) is 0. The summed E-state index contributed by atoms with van der Waals surface area (Å²) in [5.74, 6) is 2.30. The van der Waals surface area contributed by atoms with Crippen LogP contribution in [0.4, 0.5) is 0 Å². The van der Waals surface area contributed by atoms with E-state index in [0.717, 1.165) is 12.8 Å². The zero-order valence-electron chi connectivity index (χ0n) is 14.0. The van der Waals surface area contributed by atoms with Crippen LogP contribution in [0, 0.1) is 13.8 Å². The Morgan fingerprint density at radius 3 is 2.48 bits per heavy atom. The third kappa shape index (κ3) is 3.00. The highest BCUT2D eigenvalue weighted by Gasteiger charge is 2.31. The van der Waals surface area contributed by atoms with E-state index in [4.69, 9.17) is 8.94 Å². The number of piperidine rings is 1. The molecule has 23 heavy (non-hydrogen) atoms. The number of rotatable bonds is 3. The molecule has 1 fully saturated rings. The molecule has 124 valence electrons. The summed E-state index contributed by atoms with van der Waals surface area (Å²) in [6.45, 7) is 8.95. The fourth-order valence-corrected chi connectivity index (χ4v) is 3.01. The van der Waals surface area contributed by atoms with Crippen LogP contribution in [0.2, 0.25) is 0 Å². The predicted octanol–water partition coefficient (Wildman–Crippen LogP) is 2.82. The lowest BCUT2D eigenvalue weighted by Gasteiger charge is -2.30. The van der Waals surface area contributed by atoms with Gasteiger partial charge in [-0.25, -0.2) is 0 Å². The van der Waals surface area contributed by atoms with Crippen molar-refractivity contribution in [3.8, 4) is 0 Å². The van der Waals surface area contributed by atoms with Gasteiger partial charge in [-0.05, 0) is 19.8 Å². The molecule has 0 N–H and O–H groups in total. The molecule has 1 aliphatic heterocycles. The van der Waals surface area contributed by atoms with E-state index in [9.17, 15) is 4.79 Å². The highest BCUT2D eigenvalue weighted by atomic mass is 16.5. The zero-order valence-corrected chi connectivity index (χ0v) is 14.0. The molecule has 0 aliphatic carbocycles. The maximum atomic E-state index is 12.8. The maximum absolute atomic E-state index is 12.8. The summed E-state index contributed by atoms with van der Waals surface area (Å²) >= 11 is 0. The van der Waals surface area contributed by atoms with Crippen LogP contribution in [0.3, 0.4) is 0 Å². The van der Waals surface area contributed by atoms with E-state index in [-0.39, 0.29) is 17.7 Å². The van der Waals surface area contributed by atoms with Crippen molar-refractivity contribution in [2.75, 3.05) is 13.1 Å². The normalized spacial score (nSPS) is 16.3. The van der Waals surface area contributed by atoms with Crippen LogP contribution in [-0.2, 0) is 0 Å². The monoisotopic (exact) mass is 318 g/mol. The number of aryl methyl sites for hydroxylation is 2.